The van der Waals surface area contributed by atoms with Crippen molar-refractivity contribution in [2.45, 2.75) is 111 Å². The molecule has 41 heavy (non-hydrogen) atoms. The van der Waals surface area contributed by atoms with E-state index in [-0.39, 0.29) is 54.8 Å². The first kappa shape index (κ1) is 34.1. The maximum Gasteiger partial charge on any atom is 0.306 e. The molecule has 0 radical (unpaired) electrons. The Balaban J connectivity index is 1.74. The Labute approximate surface area is 244 Å². The number of phenols is 2. The van der Waals surface area contributed by atoms with E-state index in [1.165, 1.54) is 0 Å². The molecule has 2 atom stereocenters. The van der Waals surface area contributed by atoms with Crippen molar-refractivity contribution < 1.29 is 39.5 Å². The van der Waals surface area contributed by atoms with Gasteiger partial charge in [0.25, 0.3) is 0 Å². The second-order valence-corrected chi connectivity index (χ2v) is 13.0. The Bertz CT molecular complexity index is 1110. The second kappa shape index (κ2) is 14.2. The summed E-state index contributed by atoms with van der Waals surface area (Å²) in [7, 11) is 0. The van der Waals surface area contributed by atoms with Gasteiger partial charge in [-0.2, -0.15) is 0 Å². The van der Waals surface area contributed by atoms with Crippen LogP contribution in [-0.4, -0.2) is 57.8 Å². The molecule has 228 valence electrons. The zero-order valence-corrected chi connectivity index (χ0v) is 25.8. The molecule has 0 heterocycles. The van der Waals surface area contributed by atoms with E-state index in [1.807, 2.05) is 79.7 Å². The van der Waals surface area contributed by atoms with E-state index in [2.05, 4.69) is 0 Å². The predicted octanol–water partition coefficient (Wildman–Crippen LogP) is 5.07. The summed E-state index contributed by atoms with van der Waals surface area (Å²) in [4.78, 5) is 24.5. The molecule has 2 aromatic carbocycles. The Morgan fingerprint density at radius 1 is 0.683 bits per heavy atom. The summed E-state index contributed by atoms with van der Waals surface area (Å²) in [5.74, 6) is -0.434. The fourth-order valence-electron chi connectivity index (χ4n) is 4.61. The normalized spacial score (nSPS) is 13.5. The first-order valence-electron chi connectivity index (χ1n) is 14.2. The molecule has 0 saturated heterocycles. The van der Waals surface area contributed by atoms with Crippen LogP contribution in [0.2, 0.25) is 0 Å². The van der Waals surface area contributed by atoms with E-state index in [1.54, 1.807) is 0 Å². The van der Waals surface area contributed by atoms with Gasteiger partial charge in [-0.3, -0.25) is 9.59 Å². The van der Waals surface area contributed by atoms with Gasteiger partial charge in [-0.25, -0.2) is 0 Å². The highest BCUT2D eigenvalue weighted by Crippen LogP contribution is 2.35. The molecule has 2 aromatic rings. The molecule has 0 spiro atoms. The maximum atomic E-state index is 12.2. The molecule has 0 amide bonds. The van der Waals surface area contributed by atoms with Gasteiger partial charge < -0.3 is 29.9 Å². The number of esters is 2. The monoisotopic (exact) mass is 572 g/mol. The molecule has 2 rings (SSSR count). The molecular weight excluding hydrogens is 524 g/mol. The highest BCUT2D eigenvalue weighted by molar-refractivity contribution is 5.70. The van der Waals surface area contributed by atoms with Crippen molar-refractivity contribution in [2.75, 3.05) is 13.2 Å². The van der Waals surface area contributed by atoms with Crippen LogP contribution in [0.1, 0.15) is 94.2 Å². The second-order valence-electron chi connectivity index (χ2n) is 13.0. The lowest BCUT2D eigenvalue weighted by atomic mass is 9.83. The summed E-state index contributed by atoms with van der Waals surface area (Å²) >= 11 is 0. The number of rotatable bonds is 12. The fourth-order valence-corrected chi connectivity index (χ4v) is 4.61. The standard InChI is InChI=1S/C33H48O8/c1-20-13-22(15-26(30(20)38)32(3,4)5)9-11-28(36)40-18-24(34)17-25(35)19-41-29(37)12-10-23-14-21(2)31(39)27(16-23)33(6,7)8/h13-16,24-25,34-35,38-39H,9-12,17-19H2,1-8H3. The van der Waals surface area contributed by atoms with Crippen LogP contribution in [0.4, 0.5) is 0 Å². The Hall–Kier alpha value is -3.10. The molecule has 0 aliphatic heterocycles. The molecule has 0 fully saturated rings. The smallest absolute Gasteiger partial charge is 0.306 e. The molecular formula is C33H48O8. The summed E-state index contributed by atoms with van der Waals surface area (Å²) in [5, 5.41) is 41.1. The molecule has 8 nitrogen and oxygen atoms in total. The van der Waals surface area contributed by atoms with Crippen molar-refractivity contribution in [1.29, 1.82) is 0 Å². The van der Waals surface area contributed by atoms with Gasteiger partial charge in [0.2, 0.25) is 0 Å². The molecule has 4 N–H and O–H groups in total. The number of carbonyl (C=O) groups is 2. The average Bonchev–Trinajstić information content (AvgIpc) is 2.85. The van der Waals surface area contributed by atoms with Crippen LogP contribution in [-0.2, 0) is 42.7 Å². The molecule has 0 aromatic heterocycles. The largest absolute Gasteiger partial charge is 0.507 e. The topological polar surface area (TPSA) is 134 Å². The van der Waals surface area contributed by atoms with Crippen molar-refractivity contribution in [3.8, 4) is 11.5 Å². The maximum absolute atomic E-state index is 12.2. The van der Waals surface area contributed by atoms with Crippen LogP contribution >= 0.6 is 0 Å². The van der Waals surface area contributed by atoms with Crippen molar-refractivity contribution >= 4 is 11.9 Å². The number of aliphatic hydroxyl groups is 2. The van der Waals surface area contributed by atoms with Gasteiger partial charge in [0, 0.05) is 19.3 Å². The first-order valence-corrected chi connectivity index (χ1v) is 14.2. The van der Waals surface area contributed by atoms with Crippen LogP contribution in [0.5, 0.6) is 11.5 Å². The van der Waals surface area contributed by atoms with Crippen LogP contribution in [0.25, 0.3) is 0 Å². The molecule has 8 heteroatoms. The minimum atomic E-state index is -1.10. The third-order valence-corrected chi connectivity index (χ3v) is 6.99. The average molecular weight is 573 g/mol. The number of aromatic hydroxyl groups is 2. The third-order valence-electron chi connectivity index (χ3n) is 6.99. The first-order chi connectivity index (χ1) is 18.9. The summed E-state index contributed by atoms with van der Waals surface area (Å²) in [5.41, 5.74) is 4.46. The third kappa shape index (κ3) is 10.7. The number of aliphatic hydroxyl groups excluding tert-OH is 2. The van der Waals surface area contributed by atoms with Crippen molar-refractivity contribution in [3.05, 3.63) is 57.6 Å². The number of carbonyl (C=O) groups excluding carboxylic acids is 2. The molecule has 0 aliphatic carbocycles. The number of hydrogen-bond acceptors (Lipinski definition) is 8. The lowest BCUT2D eigenvalue weighted by Gasteiger charge is -2.22. The van der Waals surface area contributed by atoms with Crippen molar-refractivity contribution in [3.63, 3.8) is 0 Å². The zero-order chi connectivity index (χ0) is 31.1. The van der Waals surface area contributed by atoms with E-state index < -0.39 is 24.1 Å². The predicted molar refractivity (Wildman–Crippen MR) is 158 cm³/mol. The van der Waals surface area contributed by atoms with Gasteiger partial charge in [0.15, 0.2) is 0 Å². The number of hydrogen-bond donors (Lipinski definition) is 4. The van der Waals surface area contributed by atoms with Gasteiger partial charge in [-0.05, 0) is 70.9 Å². The number of aryl methyl sites for hydroxylation is 4. The summed E-state index contributed by atoms with van der Waals surface area (Å²) in [6.45, 7) is 15.2. The van der Waals surface area contributed by atoms with Gasteiger partial charge in [-0.15, -0.1) is 0 Å². The van der Waals surface area contributed by atoms with E-state index in [9.17, 15) is 30.0 Å². The lowest BCUT2D eigenvalue weighted by molar-refractivity contribution is -0.148. The van der Waals surface area contributed by atoms with Gasteiger partial charge in [-0.1, -0.05) is 65.8 Å². The highest BCUT2D eigenvalue weighted by atomic mass is 16.5. The van der Waals surface area contributed by atoms with E-state index in [0.29, 0.717) is 12.8 Å². The SMILES string of the molecule is Cc1cc(CCC(=O)OCC(O)CC(O)COC(=O)CCc2cc(C)c(O)c(C(C)(C)C)c2)cc(C(C)(C)C)c1O. The van der Waals surface area contributed by atoms with Crippen LogP contribution in [0.15, 0.2) is 24.3 Å². The minimum Gasteiger partial charge on any atom is -0.507 e. The number of ether oxygens (including phenoxy) is 2. The molecule has 0 bridgehead atoms. The summed E-state index contributed by atoms with van der Waals surface area (Å²) in [6, 6.07) is 7.49. The summed E-state index contributed by atoms with van der Waals surface area (Å²) in [6.07, 6.45) is -1.24. The van der Waals surface area contributed by atoms with Crippen LogP contribution in [0.3, 0.4) is 0 Å². The van der Waals surface area contributed by atoms with Gasteiger partial charge in [0.05, 0.1) is 12.2 Å². The summed E-state index contributed by atoms with van der Waals surface area (Å²) < 4.78 is 10.3. The Kier molecular flexibility index (Phi) is 11.8. The molecule has 0 aliphatic rings. The van der Waals surface area contributed by atoms with E-state index >= 15 is 0 Å². The number of benzene rings is 2. The quantitative estimate of drug-likeness (QED) is 0.259. The van der Waals surface area contributed by atoms with Gasteiger partial charge in [0.1, 0.15) is 24.7 Å². The van der Waals surface area contributed by atoms with Crippen LogP contribution in [0, 0.1) is 13.8 Å². The molecule has 2 unspecified atom stereocenters. The molecule has 0 saturated carbocycles. The Morgan fingerprint density at radius 3 is 1.34 bits per heavy atom. The zero-order valence-electron chi connectivity index (χ0n) is 25.8. The van der Waals surface area contributed by atoms with Crippen molar-refractivity contribution in [1.82, 2.24) is 0 Å². The van der Waals surface area contributed by atoms with Gasteiger partial charge >= 0.3 is 11.9 Å². The number of phenolic OH excluding ortho intramolecular Hbond substituents is 2. The van der Waals surface area contributed by atoms with Crippen LogP contribution < -0.4 is 0 Å². The van der Waals surface area contributed by atoms with E-state index in [0.717, 1.165) is 33.4 Å². The minimum absolute atomic E-state index is 0.110. The highest BCUT2D eigenvalue weighted by Gasteiger charge is 2.22. The van der Waals surface area contributed by atoms with Crippen molar-refractivity contribution in [2.24, 2.45) is 0 Å². The lowest BCUT2D eigenvalue weighted by Crippen LogP contribution is -2.28. The Morgan fingerprint density at radius 2 is 1.02 bits per heavy atom. The fraction of sp³-hybridized carbons (Fsp3) is 0.576. The van der Waals surface area contributed by atoms with E-state index in [4.69, 9.17) is 9.47 Å².